The van der Waals surface area contributed by atoms with Crippen LogP contribution in [0.1, 0.15) is 30.0 Å². The Morgan fingerprint density at radius 3 is 2.13 bits per heavy atom. The van der Waals surface area contributed by atoms with Crippen LogP contribution in [0.15, 0.2) is 108 Å². The van der Waals surface area contributed by atoms with Crippen molar-refractivity contribution in [2.45, 2.75) is 44.2 Å². The van der Waals surface area contributed by atoms with Gasteiger partial charge in [-0.1, -0.05) is 85.3 Å². The summed E-state index contributed by atoms with van der Waals surface area (Å²) in [5, 5.41) is 2.96. The standard InChI is InChI=1S/C36H41N3O6S/c1-5-21-37-36(41)33(23-28-14-8-6-9-15-28)38(25-29-16-12-13-27(2)22-29)35(40)26-39(46(42,43)31-17-10-7-11-18-31)32-24-30(44-3)19-20-34(32)45-4/h6-20,22,24,33H,5,21,23,25-26H2,1-4H3,(H,37,41)/t33-/m1/s1. The zero-order valence-electron chi connectivity index (χ0n) is 26.7. The maximum absolute atomic E-state index is 14.6. The highest BCUT2D eigenvalue weighted by Crippen LogP contribution is 2.36. The molecule has 1 atom stereocenters. The van der Waals surface area contributed by atoms with Crippen LogP contribution in [0.4, 0.5) is 5.69 Å². The van der Waals surface area contributed by atoms with Crippen LogP contribution in [0.25, 0.3) is 0 Å². The van der Waals surface area contributed by atoms with Gasteiger partial charge in [-0.05, 0) is 48.7 Å². The predicted molar refractivity (Wildman–Crippen MR) is 179 cm³/mol. The first kappa shape index (κ1) is 34.1. The highest BCUT2D eigenvalue weighted by atomic mass is 32.2. The lowest BCUT2D eigenvalue weighted by Crippen LogP contribution is -2.53. The first-order chi connectivity index (χ1) is 22.2. The van der Waals surface area contributed by atoms with E-state index < -0.39 is 28.5 Å². The highest BCUT2D eigenvalue weighted by molar-refractivity contribution is 7.92. The lowest BCUT2D eigenvalue weighted by molar-refractivity contribution is -0.140. The number of hydrogen-bond acceptors (Lipinski definition) is 6. The summed E-state index contributed by atoms with van der Waals surface area (Å²) in [6.45, 7) is 3.83. The molecule has 0 aliphatic heterocycles. The molecule has 0 heterocycles. The van der Waals surface area contributed by atoms with E-state index in [1.807, 2.05) is 68.4 Å². The number of amides is 2. The third-order valence-corrected chi connectivity index (χ3v) is 9.29. The summed E-state index contributed by atoms with van der Waals surface area (Å²) in [7, 11) is -1.39. The van der Waals surface area contributed by atoms with Gasteiger partial charge in [0, 0.05) is 25.6 Å². The number of anilines is 1. The van der Waals surface area contributed by atoms with Gasteiger partial charge in [-0.2, -0.15) is 0 Å². The Bertz CT molecular complexity index is 1710. The minimum absolute atomic E-state index is 0.000526. The van der Waals surface area contributed by atoms with Gasteiger partial charge in [0.2, 0.25) is 11.8 Å². The molecule has 46 heavy (non-hydrogen) atoms. The topological polar surface area (TPSA) is 105 Å². The molecule has 0 aliphatic rings. The number of carbonyl (C=O) groups excluding carboxylic acids is 2. The Hall–Kier alpha value is -4.83. The van der Waals surface area contributed by atoms with E-state index in [0.717, 1.165) is 21.0 Å². The minimum atomic E-state index is -4.29. The zero-order valence-corrected chi connectivity index (χ0v) is 27.5. The number of rotatable bonds is 15. The van der Waals surface area contributed by atoms with Gasteiger partial charge in [0.1, 0.15) is 24.1 Å². The number of nitrogens with one attached hydrogen (secondary N) is 1. The van der Waals surface area contributed by atoms with Crippen molar-refractivity contribution in [1.82, 2.24) is 10.2 Å². The van der Waals surface area contributed by atoms with Gasteiger partial charge < -0.3 is 19.7 Å². The van der Waals surface area contributed by atoms with E-state index in [9.17, 15) is 18.0 Å². The summed E-state index contributed by atoms with van der Waals surface area (Å²) < 4.78 is 40.6. The first-order valence-corrected chi connectivity index (χ1v) is 16.6. The van der Waals surface area contributed by atoms with Crippen LogP contribution in [-0.2, 0) is 32.6 Å². The maximum atomic E-state index is 14.6. The summed E-state index contributed by atoms with van der Waals surface area (Å²) in [5.41, 5.74) is 2.80. The van der Waals surface area contributed by atoms with Gasteiger partial charge in [-0.25, -0.2) is 8.42 Å². The summed E-state index contributed by atoms with van der Waals surface area (Å²) in [6, 6.07) is 28.9. The van der Waals surface area contributed by atoms with Crippen molar-refractivity contribution >= 4 is 27.5 Å². The third-order valence-electron chi connectivity index (χ3n) is 7.52. The smallest absolute Gasteiger partial charge is 0.264 e. The molecule has 4 aromatic carbocycles. The largest absolute Gasteiger partial charge is 0.497 e. The van der Waals surface area contributed by atoms with Crippen molar-refractivity contribution in [3.05, 3.63) is 120 Å². The van der Waals surface area contributed by atoms with Crippen LogP contribution in [0.3, 0.4) is 0 Å². The van der Waals surface area contributed by atoms with Crippen molar-refractivity contribution in [3.63, 3.8) is 0 Å². The Morgan fingerprint density at radius 1 is 0.826 bits per heavy atom. The molecule has 0 saturated carbocycles. The molecule has 1 N–H and O–H groups in total. The number of methoxy groups -OCH3 is 2. The fourth-order valence-electron chi connectivity index (χ4n) is 5.15. The molecule has 4 rings (SSSR count). The Morgan fingerprint density at radius 2 is 1.50 bits per heavy atom. The van der Waals surface area contributed by atoms with Crippen LogP contribution in [0, 0.1) is 6.92 Å². The van der Waals surface area contributed by atoms with Crippen LogP contribution in [-0.4, -0.2) is 58.5 Å². The predicted octanol–water partition coefficient (Wildman–Crippen LogP) is 5.37. The maximum Gasteiger partial charge on any atom is 0.264 e. The second-order valence-electron chi connectivity index (χ2n) is 10.9. The van der Waals surface area contributed by atoms with E-state index in [1.165, 1.54) is 37.3 Å². The average molecular weight is 644 g/mol. The number of nitrogens with zero attached hydrogens (tertiary/aromatic N) is 2. The van der Waals surface area contributed by atoms with Gasteiger partial charge >= 0.3 is 0 Å². The molecular weight excluding hydrogens is 602 g/mol. The zero-order chi connectivity index (χ0) is 33.1. The van der Waals surface area contributed by atoms with Crippen LogP contribution in [0.2, 0.25) is 0 Å². The van der Waals surface area contributed by atoms with Crippen molar-refractivity contribution in [1.29, 1.82) is 0 Å². The molecule has 0 radical (unpaired) electrons. The van der Waals surface area contributed by atoms with Crippen molar-refractivity contribution in [3.8, 4) is 11.5 Å². The second kappa shape index (κ2) is 15.9. The van der Waals surface area contributed by atoms with E-state index in [-0.39, 0.29) is 35.2 Å². The quantitative estimate of drug-likeness (QED) is 0.187. The molecule has 0 spiro atoms. The minimum Gasteiger partial charge on any atom is -0.497 e. The van der Waals surface area contributed by atoms with Crippen molar-refractivity contribution in [2.75, 3.05) is 31.6 Å². The van der Waals surface area contributed by atoms with Gasteiger partial charge in [0.15, 0.2) is 0 Å². The molecule has 0 fully saturated rings. The van der Waals surface area contributed by atoms with Crippen LogP contribution < -0.4 is 19.1 Å². The number of aryl methyl sites for hydroxylation is 1. The third kappa shape index (κ3) is 8.45. The fraction of sp³-hybridized carbons (Fsp3) is 0.278. The molecule has 0 saturated heterocycles. The summed E-state index contributed by atoms with van der Waals surface area (Å²) in [5.74, 6) is -0.254. The average Bonchev–Trinajstić information content (AvgIpc) is 3.08. The molecule has 0 bridgehead atoms. The molecule has 0 aromatic heterocycles. The van der Waals surface area contributed by atoms with Crippen molar-refractivity contribution < 1.29 is 27.5 Å². The lowest BCUT2D eigenvalue weighted by atomic mass is 10.0. The lowest BCUT2D eigenvalue weighted by Gasteiger charge is -2.34. The Balaban J connectivity index is 1.85. The summed E-state index contributed by atoms with van der Waals surface area (Å²) in [6.07, 6.45) is 0.955. The normalized spacial score (nSPS) is 11.7. The monoisotopic (exact) mass is 643 g/mol. The Labute approximate surface area is 271 Å². The number of ether oxygens (including phenoxy) is 2. The Kier molecular flexibility index (Phi) is 11.8. The van der Waals surface area contributed by atoms with Crippen molar-refractivity contribution in [2.24, 2.45) is 0 Å². The SMILES string of the molecule is CCCNC(=O)[C@@H](Cc1ccccc1)N(Cc1cccc(C)c1)C(=O)CN(c1cc(OC)ccc1OC)S(=O)(=O)c1ccccc1. The van der Waals surface area contributed by atoms with E-state index >= 15 is 0 Å². The fourth-order valence-corrected chi connectivity index (χ4v) is 6.59. The van der Waals surface area contributed by atoms with Gasteiger partial charge in [-0.3, -0.25) is 13.9 Å². The molecule has 9 nitrogen and oxygen atoms in total. The molecule has 0 aliphatic carbocycles. The van der Waals surface area contributed by atoms with E-state index in [1.54, 1.807) is 30.3 Å². The molecular formula is C36H41N3O6S. The first-order valence-electron chi connectivity index (χ1n) is 15.1. The van der Waals surface area contributed by atoms with E-state index in [4.69, 9.17) is 9.47 Å². The summed E-state index contributed by atoms with van der Waals surface area (Å²) >= 11 is 0. The number of benzene rings is 4. The number of sulfonamides is 1. The number of hydrogen-bond donors (Lipinski definition) is 1. The molecule has 0 unspecified atom stereocenters. The van der Waals surface area contributed by atoms with Gasteiger partial charge in [-0.15, -0.1) is 0 Å². The highest BCUT2D eigenvalue weighted by Gasteiger charge is 2.35. The second-order valence-corrected chi connectivity index (χ2v) is 12.7. The van der Waals surface area contributed by atoms with Gasteiger partial charge in [0.05, 0.1) is 24.8 Å². The molecule has 4 aromatic rings. The van der Waals surface area contributed by atoms with Crippen LogP contribution in [0.5, 0.6) is 11.5 Å². The molecule has 2 amide bonds. The van der Waals surface area contributed by atoms with Gasteiger partial charge in [0.25, 0.3) is 10.0 Å². The number of carbonyl (C=O) groups is 2. The van der Waals surface area contributed by atoms with E-state index in [2.05, 4.69) is 5.32 Å². The molecule has 242 valence electrons. The van der Waals surface area contributed by atoms with Crippen LogP contribution >= 0.6 is 0 Å². The molecule has 10 heteroatoms. The van der Waals surface area contributed by atoms with E-state index in [0.29, 0.717) is 18.7 Å². The summed E-state index contributed by atoms with van der Waals surface area (Å²) in [4.78, 5) is 29.9.